The molecule has 0 spiro atoms. The highest BCUT2D eigenvalue weighted by Gasteiger charge is 2.31. The summed E-state index contributed by atoms with van der Waals surface area (Å²) in [6, 6.07) is 5.41. The first kappa shape index (κ1) is 20.0. The van der Waals surface area contributed by atoms with Crippen molar-refractivity contribution in [2.24, 2.45) is 5.41 Å². The van der Waals surface area contributed by atoms with E-state index in [4.69, 9.17) is 4.74 Å². The Bertz CT molecular complexity index is 534. The van der Waals surface area contributed by atoms with Gasteiger partial charge in [-0.2, -0.15) is 13.2 Å². The predicted molar refractivity (Wildman–Crippen MR) is 94.6 cm³/mol. The van der Waals surface area contributed by atoms with Crippen LogP contribution in [0.15, 0.2) is 24.3 Å². The summed E-state index contributed by atoms with van der Waals surface area (Å²) in [5.74, 6) is 0. The van der Waals surface area contributed by atoms with Crippen molar-refractivity contribution in [2.45, 2.75) is 52.4 Å². The zero-order valence-corrected chi connectivity index (χ0v) is 15.3. The Kier molecular flexibility index (Phi) is 6.74. The Labute approximate surface area is 148 Å². The highest BCUT2D eigenvalue weighted by molar-refractivity contribution is 5.47. The summed E-state index contributed by atoms with van der Waals surface area (Å²) in [5.41, 5.74) is -0.0124. The van der Waals surface area contributed by atoms with Gasteiger partial charge in [0.15, 0.2) is 0 Å². The van der Waals surface area contributed by atoms with Crippen molar-refractivity contribution in [3.05, 3.63) is 29.8 Å². The fourth-order valence-corrected chi connectivity index (χ4v) is 2.95. The molecule has 3 nitrogen and oxygen atoms in total. The second-order valence-electron chi connectivity index (χ2n) is 7.88. The summed E-state index contributed by atoms with van der Waals surface area (Å²) in [4.78, 5) is 2.29. The van der Waals surface area contributed by atoms with Gasteiger partial charge < -0.3 is 10.1 Å². The van der Waals surface area contributed by atoms with E-state index in [0.717, 1.165) is 38.4 Å². The van der Waals surface area contributed by atoms with Crippen LogP contribution in [-0.2, 0) is 10.9 Å². The second kappa shape index (κ2) is 8.41. The minimum absolute atomic E-state index is 0.00838. The van der Waals surface area contributed by atoms with E-state index in [2.05, 4.69) is 31.0 Å². The average molecular weight is 358 g/mol. The molecule has 1 heterocycles. The van der Waals surface area contributed by atoms with Gasteiger partial charge in [0, 0.05) is 31.8 Å². The number of ether oxygens (including phenoxy) is 1. The highest BCUT2D eigenvalue weighted by Crippen LogP contribution is 2.31. The zero-order chi connectivity index (χ0) is 18.5. The van der Waals surface area contributed by atoms with E-state index < -0.39 is 11.7 Å². The molecule has 0 radical (unpaired) electrons. The molecule has 0 amide bonds. The van der Waals surface area contributed by atoms with Gasteiger partial charge in [-0.3, -0.25) is 4.90 Å². The van der Waals surface area contributed by atoms with E-state index in [1.807, 2.05) is 0 Å². The molecule has 25 heavy (non-hydrogen) atoms. The SMILES string of the molecule is CC(C)(C)COCCC(Nc1cccc(C(F)(F)F)c1)N1CCCC1. The number of rotatable bonds is 7. The third-order valence-electron chi connectivity index (χ3n) is 4.18. The predicted octanol–water partition coefficient (Wildman–Crippen LogP) is 4.99. The lowest BCUT2D eigenvalue weighted by molar-refractivity contribution is -0.137. The third kappa shape index (κ3) is 6.86. The number of hydrogen-bond donors (Lipinski definition) is 1. The summed E-state index contributed by atoms with van der Waals surface area (Å²) in [6.45, 7) is 9.54. The molecule has 1 aliphatic heterocycles. The quantitative estimate of drug-likeness (QED) is 0.695. The molecular weight excluding hydrogens is 329 g/mol. The Morgan fingerprint density at radius 1 is 1.16 bits per heavy atom. The maximum absolute atomic E-state index is 12.9. The fraction of sp³-hybridized carbons (Fsp3) is 0.684. The summed E-state index contributed by atoms with van der Waals surface area (Å²) in [5, 5.41) is 3.28. The lowest BCUT2D eigenvalue weighted by Crippen LogP contribution is -2.40. The number of nitrogens with zero attached hydrogens (tertiary/aromatic N) is 1. The maximum Gasteiger partial charge on any atom is 0.416 e. The molecule has 1 N–H and O–H groups in total. The van der Waals surface area contributed by atoms with Crippen molar-refractivity contribution in [2.75, 3.05) is 31.6 Å². The van der Waals surface area contributed by atoms with Crippen LogP contribution in [0.2, 0.25) is 0 Å². The molecule has 2 rings (SSSR count). The molecule has 1 aromatic carbocycles. The Hall–Kier alpha value is -1.27. The minimum atomic E-state index is -4.32. The number of anilines is 1. The van der Waals surface area contributed by atoms with Crippen LogP contribution in [0.25, 0.3) is 0 Å². The maximum atomic E-state index is 12.9. The van der Waals surface area contributed by atoms with Gasteiger partial charge in [-0.15, -0.1) is 0 Å². The van der Waals surface area contributed by atoms with E-state index in [1.54, 1.807) is 6.07 Å². The second-order valence-corrected chi connectivity index (χ2v) is 7.88. The van der Waals surface area contributed by atoms with Crippen molar-refractivity contribution in [3.8, 4) is 0 Å². The number of alkyl halides is 3. The monoisotopic (exact) mass is 358 g/mol. The number of halogens is 3. The molecule has 1 aliphatic rings. The van der Waals surface area contributed by atoms with Crippen LogP contribution in [0.5, 0.6) is 0 Å². The number of hydrogen-bond acceptors (Lipinski definition) is 3. The molecule has 142 valence electrons. The standard InChI is InChI=1S/C19H29F3N2O/c1-18(2,3)14-25-12-9-17(24-10-4-5-11-24)23-16-8-6-7-15(13-16)19(20,21)22/h6-8,13,17,23H,4-5,9-12,14H2,1-3H3. The molecule has 6 heteroatoms. The first-order chi connectivity index (χ1) is 11.6. The van der Waals surface area contributed by atoms with E-state index in [1.165, 1.54) is 12.1 Å². The minimum Gasteiger partial charge on any atom is -0.381 e. The van der Waals surface area contributed by atoms with Gasteiger partial charge >= 0.3 is 6.18 Å². The van der Waals surface area contributed by atoms with Gasteiger partial charge in [0.1, 0.15) is 0 Å². The zero-order valence-electron chi connectivity index (χ0n) is 15.3. The van der Waals surface area contributed by atoms with Gasteiger partial charge in [-0.05, 0) is 36.5 Å². The molecular formula is C19H29F3N2O. The van der Waals surface area contributed by atoms with E-state index in [-0.39, 0.29) is 11.6 Å². The molecule has 0 saturated carbocycles. The molecule has 1 unspecified atom stereocenters. The Morgan fingerprint density at radius 2 is 1.84 bits per heavy atom. The average Bonchev–Trinajstić information content (AvgIpc) is 3.03. The van der Waals surface area contributed by atoms with Gasteiger partial charge in [-0.25, -0.2) is 0 Å². The van der Waals surface area contributed by atoms with E-state index in [9.17, 15) is 13.2 Å². The summed E-state index contributed by atoms with van der Waals surface area (Å²) in [7, 11) is 0. The Balaban J connectivity index is 1.98. The lowest BCUT2D eigenvalue weighted by Gasteiger charge is -2.30. The fourth-order valence-electron chi connectivity index (χ4n) is 2.95. The van der Waals surface area contributed by atoms with Crippen molar-refractivity contribution in [1.29, 1.82) is 0 Å². The number of nitrogens with one attached hydrogen (secondary N) is 1. The van der Waals surface area contributed by atoms with Crippen LogP contribution in [0, 0.1) is 5.41 Å². The topological polar surface area (TPSA) is 24.5 Å². The largest absolute Gasteiger partial charge is 0.416 e. The normalized spacial score (nSPS) is 17.7. The van der Waals surface area contributed by atoms with Crippen LogP contribution in [-0.4, -0.2) is 37.4 Å². The van der Waals surface area contributed by atoms with Crippen molar-refractivity contribution >= 4 is 5.69 Å². The summed E-state index contributed by atoms with van der Waals surface area (Å²) in [6.07, 6.45) is -1.33. The first-order valence-electron chi connectivity index (χ1n) is 8.91. The van der Waals surface area contributed by atoms with Gasteiger partial charge in [-0.1, -0.05) is 26.8 Å². The van der Waals surface area contributed by atoms with Crippen LogP contribution in [0.1, 0.15) is 45.6 Å². The van der Waals surface area contributed by atoms with Gasteiger partial charge in [0.25, 0.3) is 0 Å². The highest BCUT2D eigenvalue weighted by atomic mass is 19.4. The van der Waals surface area contributed by atoms with Crippen molar-refractivity contribution < 1.29 is 17.9 Å². The van der Waals surface area contributed by atoms with Gasteiger partial charge in [0.2, 0.25) is 0 Å². The molecule has 1 fully saturated rings. The number of likely N-dealkylation sites (tertiary alicyclic amines) is 1. The van der Waals surface area contributed by atoms with Crippen LogP contribution >= 0.6 is 0 Å². The Morgan fingerprint density at radius 3 is 2.44 bits per heavy atom. The van der Waals surface area contributed by atoms with Gasteiger partial charge in [0.05, 0.1) is 18.3 Å². The lowest BCUT2D eigenvalue weighted by atomic mass is 9.99. The van der Waals surface area contributed by atoms with Crippen LogP contribution < -0.4 is 5.32 Å². The molecule has 0 aromatic heterocycles. The summed E-state index contributed by atoms with van der Waals surface area (Å²) < 4.78 is 44.5. The van der Waals surface area contributed by atoms with Crippen molar-refractivity contribution in [1.82, 2.24) is 4.90 Å². The van der Waals surface area contributed by atoms with Crippen LogP contribution in [0.3, 0.4) is 0 Å². The molecule has 0 aliphatic carbocycles. The molecule has 1 atom stereocenters. The molecule has 1 saturated heterocycles. The smallest absolute Gasteiger partial charge is 0.381 e. The van der Waals surface area contributed by atoms with Crippen molar-refractivity contribution in [3.63, 3.8) is 0 Å². The van der Waals surface area contributed by atoms with Crippen LogP contribution in [0.4, 0.5) is 18.9 Å². The summed E-state index contributed by atoms with van der Waals surface area (Å²) >= 11 is 0. The third-order valence-corrected chi connectivity index (χ3v) is 4.18. The van der Waals surface area contributed by atoms with E-state index in [0.29, 0.717) is 18.9 Å². The number of benzene rings is 1. The first-order valence-corrected chi connectivity index (χ1v) is 8.91. The van der Waals surface area contributed by atoms with E-state index >= 15 is 0 Å². The molecule has 0 bridgehead atoms. The molecule has 1 aromatic rings.